The second kappa shape index (κ2) is 6.83. The maximum absolute atomic E-state index is 12.1. The van der Waals surface area contributed by atoms with Crippen LogP contribution in [0.4, 0.5) is 5.69 Å². The first-order valence-electron chi connectivity index (χ1n) is 7.90. The summed E-state index contributed by atoms with van der Waals surface area (Å²) < 4.78 is 0. The number of benzene rings is 2. The number of pyridine rings is 1. The van der Waals surface area contributed by atoms with Gasteiger partial charge >= 0.3 is 0 Å². The summed E-state index contributed by atoms with van der Waals surface area (Å²) in [4.78, 5) is 19.8. The fourth-order valence-electron chi connectivity index (χ4n) is 2.83. The number of aromatic nitrogens is 2. The summed E-state index contributed by atoms with van der Waals surface area (Å²) in [5.41, 5.74) is 3.25. The van der Waals surface area contributed by atoms with Gasteiger partial charge < -0.3 is 10.3 Å². The van der Waals surface area contributed by atoms with E-state index in [1.807, 2.05) is 24.3 Å². The normalized spacial score (nSPS) is 11.5. The van der Waals surface area contributed by atoms with E-state index < -0.39 is 0 Å². The van der Waals surface area contributed by atoms with Gasteiger partial charge in [-0.1, -0.05) is 41.4 Å². The standard InChI is InChI=1S/C20H13Cl2N3O/c21-12-7-13(22)9-15(8-12)24-20(26)6-5-14-10-17-16-3-1-2-4-18(16)25-19(17)11-23-14/h1-11,25H,(H,24,26)/b6-5+. The van der Waals surface area contributed by atoms with E-state index in [2.05, 4.69) is 21.4 Å². The van der Waals surface area contributed by atoms with Crippen LogP contribution in [0.15, 0.2) is 60.8 Å². The molecule has 2 aromatic heterocycles. The average Bonchev–Trinajstić information content (AvgIpc) is 2.97. The predicted molar refractivity (Wildman–Crippen MR) is 108 cm³/mol. The summed E-state index contributed by atoms with van der Waals surface area (Å²) in [6.07, 6.45) is 4.87. The molecule has 0 aliphatic rings. The predicted octanol–water partition coefficient (Wildman–Crippen LogP) is 5.67. The zero-order valence-corrected chi connectivity index (χ0v) is 15.0. The summed E-state index contributed by atoms with van der Waals surface area (Å²) in [5.74, 6) is -0.288. The molecule has 2 aromatic carbocycles. The van der Waals surface area contributed by atoms with E-state index in [0.29, 0.717) is 21.4 Å². The Bertz CT molecular complexity index is 1140. The zero-order valence-electron chi connectivity index (χ0n) is 13.5. The van der Waals surface area contributed by atoms with E-state index in [-0.39, 0.29) is 5.91 Å². The maximum atomic E-state index is 12.1. The van der Waals surface area contributed by atoms with Crippen molar-refractivity contribution in [2.24, 2.45) is 0 Å². The molecule has 0 unspecified atom stereocenters. The number of hydrogen-bond donors (Lipinski definition) is 2. The number of carbonyl (C=O) groups is 1. The van der Waals surface area contributed by atoms with Gasteiger partial charge in [-0.25, -0.2) is 0 Å². The van der Waals surface area contributed by atoms with E-state index in [1.165, 1.54) is 6.08 Å². The molecule has 4 nitrogen and oxygen atoms in total. The van der Waals surface area contributed by atoms with Crippen LogP contribution in [-0.4, -0.2) is 15.9 Å². The van der Waals surface area contributed by atoms with Crippen molar-refractivity contribution in [2.45, 2.75) is 0 Å². The Morgan fingerprint density at radius 2 is 1.77 bits per heavy atom. The first-order valence-corrected chi connectivity index (χ1v) is 8.66. The summed E-state index contributed by atoms with van der Waals surface area (Å²) in [6.45, 7) is 0. The van der Waals surface area contributed by atoms with Crippen LogP contribution < -0.4 is 5.32 Å². The smallest absolute Gasteiger partial charge is 0.248 e. The lowest BCUT2D eigenvalue weighted by molar-refractivity contribution is -0.111. The van der Waals surface area contributed by atoms with Crippen molar-refractivity contribution in [3.05, 3.63) is 76.5 Å². The molecule has 0 spiro atoms. The third-order valence-corrected chi connectivity index (χ3v) is 4.38. The Kier molecular flexibility index (Phi) is 4.37. The molecule has 128 valence electrons. The van der Waals surface area contributed by atoms with Gasteiger partial charge in [-0.05, 0) is 36.4 Å². The SMILES string of the molecule is O=C(/C=C/c1cc2c(cn1)[nH]c1ccccc12)Nc1cc(Cl)cc(Cl)c1. The number of anilines is 1. The van der Waals surface area contributed by atoms with Gasteiger partial charge in [0.05, 0.1) is 17.4 Å². The van der Waals surface area contributed by atoms with Crippen LogP contribution >= 0.6 is 23.2 Å². The number of carbonyl (C=O) groups excluding carboxylic acids is 1. The summed E-state index contributed by atoms with van der Waals surface area (Å²) >= 11 is 11.9. The first-order chi connectivity index (χ1) is 12.6. The number of halogens is 2. The number of fused-ring (bicyclic) bond motifs is 3. The molecule has 26 heavy (non-hydrogen) atoms. The van der Waals surface area contributed by atoms with Crippen LogP contribution in [0.3, 0.4) is 0 Å². The maximum Gasteiger partial charge on any atom is 0.248 e. The molecule has 0 aliphatic heterocycles. The van der Waals surface area contributed by atoms with Gasteiger partial charge in [0.2, 0.25) is 5.91 Å². The van der Waals surface area contributed by atoms with Gasteiger partial charge in [0.25, 0.3) is 0 Å². The highest BCUT2D eigenvalue weighted by Gasteiger charge is 2.05. The Balaban J connectivity index is 1.57. The van der Waals surface area contributed by atoms with Crippen LogP contribution in [0.25, 0.3) is 27.9 Å². The number of aromatic amines is 1. The fraction of sp³-hybridized carbons (Fsp3) is 0. The third kappa shape index (κ3) is 3.43. The van der Waals surface area contributed by atoms with E-state index in [9.17, 15) is 4.79 Å². The van der Waals surface area contributed by atoms with Gasteiger partial charge in [0.1, 0.15) is 0 Å². The van der Waals surface area contributed by atoms with Crippen LogP contribution in [-0.2, 0) is 4.79 Å². The zero-order chi connectivity index (χ0) is 18.1. The second-order valence-corrected chi connectivity index (χ2v) is 6.68. The van der Waals surface area contributed by atoms with Crippen molar-refractivity contribution in [1.29, 1.82) is 0 Å². The average molecular weight is 382 g/mol. The van der Waals surface area contributed by atoms with Crippen molar-refractivity contribution >= 4 is 62.7 Å². The van der Waals surface area contributed by atoms with E-state index in [1.54, 1.807) is 30.5 Å². The molecule has 6 heteroatoms. The largest absolute Gasteiger partial charge is 0.353 e. The van der Waals surface area contributed by atoms with Gasteiger partial charge in [0, 0.05) is 38.1 Å². The molecular formula is C20H13Cl2N3O. The molecule has 0 radical (unpaired) electrons. The number of amides is 1. The van der Waals surface area contributed by atoms with Gasteiger partial charge in [-0.15, -0.1) is 0 Å². The van der Waals surface area contributed by atoms with Crippen molar-refractivity contribution in [3.63, 3.8) is 0 Å². The molecule has 2 N–H and O–H groups in total. The monoisotopic (exact) mass is 381 g/mol. The lowest BCUT2D eigenvalue weighted by Crippen LogP contribution is -2.07. The molecule has 0 saturated carbocycles. The second-order valence-electron chi connectivity index (χ2n) is 5.81. The van der Waals surface area contributed by atoms with Crippen molar-refractivity contribution in [3.8, 4) is 0 Å². The summed E-state index contributed by atoms with van der Waals surface area (Å²) in [7, 11) is 0. The van der Waals surface area contributed by atoms with Crippen molar-refractivity contribution < 1.29 is 4.79 Å². The summed E-state index contributed by atoms with van der Waals surface area (Å²) in [5, 5.41) is 5.84. The molecule has 4 rings (SSSR count). The molecular weight excluding hydrogens is 369 g/mol. The Hall–Kier alpha value is -2.82. The number of hydrogen-bond acceptors (Lipinski definition) is 2. The van der Waals surface area contributed by atoms with Crippen LogP contribution in [0.1, 0.15) is 5.69 Å². The van der Waals surface area contributed by atoms with Crippen LogP contribution in [0, 0.1) is 0 Å². The molecule has 1 amide bonds. The van der Waals surface area contributed by atoms with Gasteiger partial charge in [0.15, 0.2) is 0 Å². The molecule has 0 bridgehead atoms. The van der Waals surface area contributed by atoms with E-state index >= 15 is 0 Å². The number of rotatable bonds is 3. The number of H-pyrrole nitrogens is 1. The quantitative estimate of drug-likeness (QED) is 0.448. The highest BCUT2D eigenvalue weighted by molar-refractivity contribution is 6.35. The number of nitrogens with one attached hydrogen (secondary N) is 2. The van der Waals surface area contributed by atoms with Gasteiger partial charge in [-0.3, -0.25) is 9.78 Å². The highest BCUT2D eigenvalue weighted by Crippen LogP contribution is 2.25. The van der Waals surface area contributed by atoms with Crippen molar-refractivity contribution in [1.82, 2.24) is 9.97 Å². The first kappa shape index (κ1) is 16.6. The topological polar surface area (TPSA) is 57.8 Å². The highest BCUT2D eigenvalue weighted by atomic mass is 35.5. The van der Waals surface area contributed by atoms with E-state index in [4.69, 9.17) is 23.2 Å². The number of para-hydroxylation sites is 1. The molecule has 0 fully saturated rings. The minimum absolute atomic E-state index is 0.288. The van der Waals surface area contributed by atoms with Gasteiger partial charge in [-0.2, -0.15) is 0 Å². The lowest BCUT2D eigenvalue weighted by atomic mass is 10.1. The van der Waals surface area contributed by atoms with Crippen LogP contribution in [0.5, 0.6) is 0 Å². The molecule has 0 saturated heterocycles. The molecule has 0 aliphatic carbocycles. The summed E-state index contributed by atoms with van der Waals surface area (Å²) in [6, 6.07) is 14.9. The molecule has 4 aromatic rings. The molecule has 0 atom stereocenters. The minimum atomic E-state index is -0.288. The van der Waals surface area contributed by atoms with Crippen molar-refractivity contribution in [2.75, 3.05) is 5.32 Å². The Morgan fingerprint density at radius 3 is 2.58 bits per heavy atom. The fourth-order valence-corrected chi connectivity index (χ4v) is 3.35. The Morgan fingerprint density at radius 1 is 1.00 bits per heavy atom. The number of nitrogens with zero attached hydrogens (tertiary/aromatic N) is 1. The third-order valence-electron chi connectivity index (χ3n) is 3.95. The minimum Gasteiger partial charge on any atom is -0.353 e. The Labute approximate surface area is 159 Å². The lowest BCUT2D eigenvalue weighted by Gasteiger charge is -2.03. The van der Waals surface area contributed by atoms with E-state index in [0.717, 1.165) is 21.8 Å². The van der Waals surface area contributed by atoms with Crippen LogP contribution in [0.2, 0.25) is 10.0 Å². The molecule has 2 heterocycles.